The molecule has 6 heteroatoms. The molecule has 0 aromatic heterocycles. The maximum absolute atomic E-state index is 14.5. The summed E-state index contributed by atoms with van der Waals surface area (Å²) in [4.78, 5) is 15.6. The number of benzene rings is 1. The van der Waals surface area contributed by atoms with E-state index in [1.54, 1.807) is 30.0 Å². The molecule has 5 nitrogen and oxygen atoms in total. The molecule has 1 N–H and O–H groups in total. The Balaban J connectivity index is 1.78. The summed E-state index contributed by atoms with van der Waals surface area (Å²) in [5, 5.41) is 10.6. The van der Waals surface area contributed by atoms with E-state index in [2.05, 4.69) is 16.7 Å². The molecule has 0 spiro atoms. The molecule has 1 aliphatic carbocycles. The lowest BCUT2D eigenvalue weighted by atomic mass is 9.99. The van der Waals surface area contributed by atoms with Gasteiger partial charge in [0.25, 0.3) is 0 Å². The minimum Gasteiger partial charge on any atom is -0.450 e. The van der Waals surface area contributed by atoms with Crippen LogP contribution in [0.25, 0.3) is 0 Å². The van der Waals surface area contributed by atoms with Gasteiger partial charge in [-0.15, -0.1) is 0 Å². The number of hydrogen-bond acceptors (Lipinski definition) is 4. The molecule has 1 heterocycles. The Morgan fingerprint density at radius 2 is 1.93 bits per heavy atom. The highest BCUT2D eigenvalue weighted by molar-refractivity contribution is 5.67. The molecule has 2 fully saturated rings. The van der Waals surface area contributed by atoms with Crippen LogP contribution < -0.4 is 0 Å². The van der Waals surface area contributed by atoms with Crippen LogP contribution in [0, 0.1) is 17.7 Å². The summed E-state index contributed by atoms with van der Waals surface area (Å²) in [5.41, 5.74) is -0.452. The Bertz CT molecular complexity index is 714. The summed E-state index contributed by atoms with van der Waals surface area (Å²) >= 11 is 0. The summed E-state index contributed by atoms with van der Waals surface area (Å²) in [6, 6.07) is 6.19. The van der Waals surface area contributed by atoms with Gasteiger partial charge in [-0.2, -0.15) is 0 Å². The summed E-state index contributed by atoms with van der Waals surface area (Å²) < 4.78 is 19.5. The molecule has 1 atom stereocenters. The van der Waals surface area contributed by atoms with E-state index in [-0.39, 0.29) is 11.9 Å². The van der Waals surface area contributed by atoms with Crippen molar-refractivity contribution >= 4 is 6.09 Å². The van der Waals surface area contributed by atoms with Gasteiger partial charge in [-0.05, 0) is 38.7 Å². The molecule has 0 bridgehead atoms. The first-order valence-electron chi connectivity index (χ1n) is 9.68. The fourth-order valence-electron chi connectivity index (χ4n) is 3.73. The van der Waals surface area contributed by atoms with Crippen LogP contribution in [0.1, 0.15) is 44.2 Å². The molecule has 0 radical (unpaired) electrons. The fourth-order valence-corrected chi connectivity index (χ4v) is 3.73. The average molecular weight is 374 g/mol. The topological polar surface area (TPSA) is 53.0 Å². The number of piperazine rings is 1. The van der Waals surface area contributed by atoms with E-state index in [0.717, 1.165) is 12.8 Å². The van der Waals surface area contributed by atoms with Crippen molar-refractivity contribution in [3.8, 4) is 11.8 Å². The fraction of sp³-hybridized carbons (Fsp3) is 0.571. The van der Waals surface area contributed by atoms with Crippen LogP contribution in [0.5, 0.6) is 0 Å². The summed E-state index contributed by atoms with van der Waals surface area (Å²) in [6.07, 6.45) is 2.95. The second-order valence-corrected chi connectivity index (χ2v) is 7.15. The lowest BCUT2D eigenvalue weighted by Gasteiger charge is -2.37. The van der Waals surface area contributed by atoms with E-state index in [1.807, 2.05) is 0 Å². The Morgan fingerprint density at radius 1 is 1.26 bits per heavy atom. The number of nitrogens with zero attached hydrogens (tertiary/aromatic N) is 2. The first kappa shape index (κ1) is 19.7. The van der Waals surface area contributed by atoms with Gasteiger partial charge in [0.15, 0.2) is 0 Å². The van der Waals surface area contributed by atoms with Crippen molar-refractivity contribution in [2.75, 3.05) is 32.8 Å². The van der Waals surface area contributed by atoms with Crippen molar-refractivity contribution in [2.45, 2.75) is 44.2 Å². The van der Waals surface area contributed by atoms with Gasteiger partial charge in [-0.25, -0.2) is 9.18 Å². The first-order chi connectivity index (χ1) is 13.0. The Hall–Kier alpha value is -2.10. The average Bonchev–Trinajstić information content (AvgIpc) is 3.11. The summed E-state index contributed by atoms with van der Waals surface area (Å²) in [7, 11) is 0. The Labute approximate surface area is 160 Å². The van der Waals surface area contributed by atoms with E-state index in [1.165, 1.54) is 6.07 Å². The maximum Gasteiger partial charge on any atom is 0.409 e. The zero-order valence-electron chi connectivity index (χ0n) is 15.8. The molecule has 2 aliphatic rings. The third-order valence-corrected chi connectivity index (χ3v) is 5.28. The van der Waals surface area contributed by atoms with Gasteiger partial charge in [0, 0.05) is 31.7 Å². The standard InChI is InChI=1S/C21H27FN2O3/c1-2-27-20(25)24-15-13-23(14-16-24)19(17-7-3-4-8-18(17)22)9-12-21(26)10-5-6-11-21/h3-4,7-8,19,26H,2,5-6,10-11,13-16H2,1H3. The molecule has 3 rings (SSSR count). The highest BCUT2D eigenvalue weighted by Gasteiger charge is 2.31. The zero-order valence-corrected chi connectivity index (χ0v) is 15.8. The monoisotopic (exact) mass is 374 g/mol. The van der Waals surface area contributed by atoms with Gasteiger partial charge in [0.05, 0.1) is 6.61 Å². The number of carbonyl (C=O) groups is 1. The molecular weight excluding hydrogens is 347 g/mol. The van der Waals surface area contributed by atoms with Crippen molar-refractivity contribution in [2.24, 2.45) is 0 Å². The van der Waals surface area contributed by atoms with Gasteiger partial charge in [0.2, 0.25) is 0 Å². The van der Waals surface area contributed by atoms with E-state index >= 15 is 0 Å². The third kappa shape index (κ3) is 4.79. The summed E-state index contributed by atoms with van der Waals surface area (Å²) in [6.45, 7) is 4.30. The minimum absolute atomic E-state index is 0.303. The highest BCUT2D eigenvalue weighted by Crippen LogP contribution is 2.30. The van der Waals surface area contributed by atoms with Crippen LogP contribution in [0.15, 0.2) is 24.3 Å². The van der Waals surface area contributed by atoms with Crippen molar-refractivity contribution in [3.63, 3.8) is 0 Å². The quantitative estimate of drug-likeness (QED) is 0.827. The van der Waals surface area contributed by atoms with Crippen LogP contribution in [0.3, 0.4) is 0 Å². The number of ether oxygens (including phenoxy) is 1. The second-order valence-electron chi connectivity index (χ2n) is 7.15. The molecular formula is C21H27FN2O3. The number of rotatable bonds is 3. The number of amides is 1. The van der Waals surface area contributed by atoms with Crippen LogP contribution >= 0.6 is 0 Å². The number of carbonyl (C=O) groups excluding carboxylic acids is 1. The number of hydrogen-bond donors (Lipinski definition) is 1. The molecule has 1 saturated carbocycles. The molecule has 27 heavy (non-hydrogen) atoms. The van der Waals surface area contributed by atoms with Gasteiger partial charge >= 0.3 is 6.09 Å². The third-order valence-electron chi connectivity index (χ3n) is 5.28. The SMILES string of the molecule is CCOC(=O)N1CCN(C(C#CC2(O)CCCC2)c2ccccc2F)CC1. The zero-order chi connectivity index (χ0) is 19.3. The van der Waals surface area contributed by atoms with Crippen LogP contribution in [-0.4, -0.2) is 59.4 Å². The molecule has 1 saturated heterocycles. The smallest absolute Gasteiger partial charge is 0.409 e. The first-order valence-corrected chi connectivity index (χ1v) is 9.68. The minimum atomic E-state index is -0.962. The van der Waals surface area contributed by atoms with Gasteiger partial charge in [0.1, 0.15) is 17.5 Å². The molecule has 146 valence electrons. The normalized spacial score (nSPS) is 20.6. The predicted molar refractivity (Wildman–Crippen MR) is 101 cm³/mol. The molecule has 1 aromatic carbocycles. The van der Waals surface area contributed by atoms with E-state index in [4.69, 9.17) is 4.74 Å². The second kappa shape index (κ2) is 8.73. The Kier molecular flexibility index (Phi) is 6.35. The van der Waals surface area contributed by atoms with Gasteiger partial charge < -0.3 is 14.7 Å². The van der Waals surface area contributed by atoms with Crippen LogP contribution in [0.2, 0.25) is 0 Å². The van der Waals surface area contributed by atoms with Crippen molar-refractivity contribution < 1.29 is 19.0 Å². The van der Waals surface area contributed by atoms with Crippen molar-refractivity contribution in [3.05, 3.63) is 35.6 Å². The van der Waals surface area contributed by atoms with E-state index < -0.39 is 11.6 Å². The van der Waals surface area contributed by atoms with E-state index in [0.29, 0.717) is 51.2 Å². The molecule has 1 aromatic rings. The highest BCUT2D eigenvalue weighted by atomic mass is 19.1. The number of aliphatic hydroxyl groups is 1. The van der Waals surface area contributed by atoms with Crippen LogP contribution in [0.4, 0.5) is 9.18 Å². The summed E-state index contributed by atoms with van der Waals surface area (Å²) in [5.74, 6) is 5.87. The number of halogens is 1. The van der Waals surface area contributed by atoms with Gasteiger partial charge in [-0.1, -0.05) is 30.0 Å². The van der Waals surface area contributed by atoms with E-state index in [9.17, 15) is 14.3 Å². The predicted octanol–water partition coefficient (Wildman–Crippen LogP) is 2.95. The lowest BCUT2D eigenvalue weighted by Crippen LogP contribution is -2.49. The maximum atomic E-state index is 14.5. The van der Waals surface area contributed by atoms with Crippen LogP contribution in [-0.2, 0) is 4.74 Å². The van der Waals surface area contributed by atoms with Crippen molar-refractivity contribution in [1.82, 2.24) is 9.80 Å². The Morgan fingerprint density at radius 3 is 2.56 bits per heavy atom. The largest absolute Gasteiger partial charge is 0.450 e. The van der Waals surface area contributed by atoms with Gasteiger partial charge in [-0.3, -0.25) is 4.90 Å². The van der Waals surface area contributed by atoms with Crippen molar-refractivity contribution in [1.29, 1.82) is 0 Å². The lowest BCUT2D eigenvalue weighted by molar-refractivity contribution is 0.0728. The molecule has 1 amide bonds. The molecule has 1 unspecified atom stereocenters. The molecule has 1 aliphatic heterocycles.